The number of benzene rings is 4. The molecule has 2 spiro atoms. The zero-order valence-corrected chi connectivity index (χ0v) is 60.0. The van der Waals surface area contributed by atoms with E-state index in [0.717, 1.165) is 86.7 Å². The van der Waals surface area contributed by atoms with Crippen molar-refractivity contribution in [1.29, 1.82) is 10.5 Å². The van der Waals surface area contributed by atoms with E-state index in [1.54, 1.807) is 74.8 Å². The molecule has 0 radical (unpaired) electrons. The number of nitrogens with zero attached hydrogens (tertiary/aromatic N) is 6. The highest BCUT2D eigenvalue weighted by molar-refractivity contribution is 7.91. The Hall–Kier alpha value is -7.82. The summed E-state index contributed by atoms with van der Waals surface area (Å²) in [7, 11) is -8.04. The second-order valence-corrected chi connectivity index (χ2v) is 34.7. The standard InChI is InChI=1S/2C39H43ClN4O5S/c2*1-25-5-3-15-39(46,20-27-13-16-42-32(17-27)21-41)34-10-7-30(34)22-44-23-38(14-4-6-28-18-31(40)9-11-33(28)38)24-49-36-12-8-29(19-35(36)44)37(45)43-50(47,48)26(25)2/h2*3,8-9,11-13,15-19,25-26,30,34,46H,4-7,10,14,20,22-24H2,1-2H3,(H,43,45)/b2*15-3+/t25-,26+,30-,34+,38-,39+;25-,26+,30-,34+,38-,39-/m00/s1. The number of rotatable bonds is 4. The summed E-state index contributed by atoms with van der Waals surface area (Å²) in [5.74, 6) is -0.722. The van der Waals surface area contributed by atoms with Crippen LogP contribution in [-0.4, -0.2) is 110 Å². The van der Waals surface area contributed by atoms with E-state index in [0.29, 0.717) is 98.0 Å². The van der Waals surface area contributed by atoms with Gasteiger partial charge in [0.15, 0.2) is 0 Å². The molecule has 6 heterocycles. The number of pyridine rings is 2. The Kier molecular flexibility index (Phi) is 19.9. The molecule has 0 unspecified atom stereocenters. The lowest BCUT2D eigenvalue weighted by Crippen LogP contribution is -2.53. The summed E-state index contributed by atoms with van der Waals surface area (Å²) in [5, 5.41) is 43.8. The van der Waals surface area contributed by atoms with Crippen LogP contribution in [0.2, 0.25) is 10.0 Å². The molecule has 4 bridgehead atoms. The number of aromatic nitrogens is 2. The number of sulfonamides is 2. The van der Waals surface area contributed by atoms with Gasteiger partial charge in [0.25, 0.3) is 11.8 Å². The number of ether oxygens (including phenoxy) is 2. The van der Waals surface area contributed by atoms with E-state index in [2.05, 4.69) is 65.6 Å². The first-order chi connectivity index (χ1) is 47.8. The Morgan fingerprint density at radius 1 is 0.580 bits per heavy atom. The summed E-state index contributed by atoms with van der Waals surface area (Å²) in [5.41, 5.74) is 5.86. The van der Waals surface area contributed by atoms with Crippen molar-refractivity contribution in [1.82, 2.24) is 19.4 Å². The zero-order valence-electron chi connectivity index (χ0n) is 56.9. The smallest absolute Gasteiger partial charge is 0.264 e. The number of aliphatic hydroxyl groups is 2. The lowest BCUT2D eigenvalue weighted by molar-refractivity contribution is -0.0450. The lowest BCUT2D eigenvalue weighted by Gasteiger charge is -2.49. The normalized spacial score (nSPS) is 31.1. The number of carbonyl (C=O) groups is 2. The molecule has 12 atom stereocenters. The molecule has 2 aromatic heterocycles. The van der Waals surface area contributed by atoms with Gasteiger partial charge in [-0.25, -0.2) is 36.2 Å². The van der Waals surface area contributed by atoms with Gasteiger partial charge in [-0.3, -0.25) is 9.59 Å². The Bertz CT molecular complexity index is 4280. The van der Waals surface area contributed by atoms with Crippen molar-refractivity contribution in [3.8, 4) is 23.6 Å². The highest BCUT2D eigenvalue weighted by Crippen LogP contribution is 2.52. The molecule has 8 aliphatic rings. The van der Waals surface area contributed by atoms with Crippen molar-refractivity contribution in [2.75, 3.05) is 49.2 Å². The Balaban J connectivity index is 0.000000179. The highest BCUT2D eigenvalue weighted by atomic mass is 35.5. The first-order valence-corrected chi connectivity index (χ1v) is 38.9. The minimum Gasteiger partial charge on any atom is -0.490 e. The van der Waals surface area contributed by atoms with Gasteiger partial charge in [-0.1, -0.05) is 73.5 Å². The summed E-state index contributed by atoms with van der Waals surface area (Å²) in [6.07, 6.45) is 21.1. The fourth-order valence-corrected chi connectivity index (χ4v) is 20.0. The van der Waals surface area contributed by atoms with Gasteiger partial charge in [0.05, 0.1) is 46.3 Å². The number of hydrogen-bond donors (Lipinski definition) is 4. The largest absolute Gasteiger partial charge is 0.490 e. The highest BCUT2D eigenvalue weighted by Gasteiger charge is 2.51. The van der Waals surface area contributed by atoms with Crippen LogP contribution in [0.5, 0.6) is 11.5 Å². The van der Waals surface area contributed by atoms with Crippen LogP contribution in [0.4, 0.5) is 11.4 Å². The van der Waals surface area contributed by atoms with Crippen LogP contribution in [0.3, 0.4) is 0 Å². The van der Waals surface area contributed by atoms with Crippen LogP contribution in [-0.2, 0) is 56.6 Å². The fraction of sp³-hybridized carbons (Fsp3) is 0.462. The second-order valence-electron chi connectivity index (χ2n) is 29.7. The number of hydrogen-bond acceptors (Lipinski definition) is 16. The number of amides is 2. The van der Waals surface area contributed by atoms with Gasteiger partial charge >= 0.3 is 0 Å². The van der Waals surface area contributed by atoms with E-state index in [4.69, 9.17) is 32.7 Å². The maximum absolute atomic E-state index is 13.5. The molecule has 2 amide bonds. The fourth-order valence-electron chi connectivity index (χ4n) is 17.1. The third kappa shape index (κ3) is 14.3. The van der Waals surface area contributed by atoms with Gasteiger partial charge in [-0.15, -0.1) is 0 Å². The Labute approximate surface area is 596 Å². The number of nitrogens with one attached hydrogen (secondary N) is 2. The van der Waals surface area contributed by atoms with Crippen LogP contribution in [0.1, 0.15) is 157 Å². The van der Waals surface area contributed by atoms with Crippen LogP contribution < -0.4 is 28.7 Å². The van der Waals surface area contributed by atoms with E-state index >= 15 is 0 Å². The maximum atomic E-state index is 13.5. The van der Waals surface area contributed by atoms with E-state index in [-0.39, 0.29) is 57.5 Å². The molecule has 6 aromatic rings. The summed E-state index contributed by atoms with van der Waals surface area (Å²) < 4.78 is 71.7. The lowest BCUT2D eigenvalue weighted by atomic mass is 9.62. The van der Waals surface area contributed by atoms with Crippen molar-refractivity contribution < 1.29 is 46.1 Å². The predicted molar refractivity (Wildman–Crippen MR) is 386 cm³/mol. The van der Waals surface area contributed by atoms with Gasteiger partial charge in [0, 0.05) is 83.4 Å². The minimum atomic E-state index is -4.02. The molecular weight excluding hydrogens is 1340 g/mol. The monoisotopic (exact) mass is 1430 g/mol. The van der Waals surface area contributed by atoms with Crippen molar-refractivity contribution in [3.63, 3.8) is 0 Å². The molecule has 524 valence electrons. The van der Waals surface area contributed by atoms with E-state index < -0.39 is 53.6 Å². The quantitative estimate of drug-likeness (QED) is 0.120. The summed E-state index contributed by atoms with van der Waals surface area (Å²) in [4.78, 5) is 39.9. The van der Waals surface area contributed by atoms with E-state index in [9.17, 15) is 47.2 Å². The van der Waals surface area contributed by atoms with Gasteiger partial charge in [-0.2, -0.15) is 10.5 Å². The molecule has 4 N–H and O–H groups in total. The van der Waals surface area contributed by atoms with Crippen molar-refractivity contribution in [2.45, 2.75) is 150 Å². The first-order valence-electron chi connectivity index (χ1n) is 35.0. The Morgan fingerprint density at radius 2 is 1.00 bits per heavy atom. The Morgan fingerprint density at radius 3 is 1.39 bits per heavy atom. The number of halogens is 2. The van der Waals surface area contributed by atoms with Gasteiger partial charge in [0.1, 0.15) is 35.0 Å². The van der Waals surface area contributed by atoms with Gasteiger partial charge < -0.3 is 29.5 Å². The molecule has 18 nitrogen and oxygen atoms in total. The zero-order chi connectivity index (χ0) is 70.5. The molecule has 4 aromatic carbocycles. The average Bonchev–Trinajstić information content (AvgIpc) is 1.48. The molecular formula is C78H86Cl2N8O10S2. The van der Waals surface area contributed by atoms with E-state index in [1.807, 2.05) is 62.4 Å². The predicted octanol–water partition coefficient (Wildman–Crippen LogP) is 12.2. The number of nitriles is 2. The molecule has 4 aliphatic heterocycles. The molecule has 100 heavy (non-hydrogen) atoms. The van der Waals surface area contributed by atoms with Crippen molar-refractivity contribution >= 4 is 66.4 Å². The van der Waals surface area contributed by atoms with Crippen LogP contribution >= 0.6 is 23.2 Å². The van der Waals surface area contributed by atoms with Crippen molar-refractivity contribution in [2.24, 2.45) is 35.5 Å². The minimum absolute atomic E-state index is 0.102. The number of carbonyl (C=O) groups excluding carboxylic acids is 2. The SMILES string of the molecule is C[C@@H]1[C@@H](C)C/C=C/[C@@](O)(Cc2ccnc(C#N)c2)[C@@H]2CC[C@H]2CN2C[C@@]3(CCCc4cc(Cl)ccc43)COc3ccc(cc32)C(=O)NS1(=O)=O.C[C@@H]1[C@@H](C)C/C=C/[C@](O)(Cc2ccnc(C#N)c2)[C@@H]2CC[C@H]2CN2C[C@@]3(CCCc4cc(Cl)ccc43)COc3ccc(cc32)C(=O)NS1(=O)=O. The molecule has 2 fully saturated rings. The van der Waals surface area contributed by atoms with E-state index in [1.165, 1.54) is 22.3 Å². The molecule has 0 saturated heterocycles. The number of fused-ring (bicyclic) bond motifs is 8. The molecule has 2 saturated carbocycles. The van der Waals surface area contributed by atoms with Crippen LogP contribution in [0.15, 0.2) is 134 Å². The molecule has 4 aliphatic carbocycles. The topological polar surface area (TPSA) is 265 Å². The summed E-state index contributed by atoms with van der Waals surface area (Å²) >= 11 is 12.9. The van der Waals surface area contributed by atoms with Crippen LogP contribution in [0.25, 0.3) is 0 Å². The first kappa shape index (κ1) is 70.6. The third-order valence-electron chi connectivity index (χ3n) is 23.4. The number of allylic oxidation sites excluding steroid dienone is 2. The van der Waals surface area contributed by atoms with Gasteiger partial charge in [0.2, 0.25) is 20.0 Å². The number of anilines is 2. The third-order valence-corrected chi connectivity index (χ3v) is 27.7. The second kappa shape index (κ2) is 28.2. The number of aryl methyl sites for hydroxylation is 2. The van der Waals surface area contributed by atoms with Gasteiger partial charge in [-0.05, 0) is 245 Å². The van der Waals surface area contributed by atoms with Crippen LogP contribution in [0, 0.1) is 58.2 Å². The average molecular weight is 1430 g/mol. The molecule has 14 rings (SSSR count). The summed E-state index contributed by atoms with van der Waals surface area (Å²) in [6.45, 7) is 10.2. The maximum Gasteiger partial charge on any atom is 0.264 e. The summed E-state index contributed by atoms with van der Waals surface area (Å²) in [6, 6.07) is 33.9. The molecule has 22 heteroatoms. The van der Waals surface area contributed by atoms with Crippen molar-refractivity contribution in [3.05, 3.63) is 200 Å².